The van der Waals surface area contributed by atoms with E-state index in [4.69, 9.17) is 0 Å². The first-order chi connectivity index (χ1) is 12.6. The maximum Gasteiger partial charge on any atom is 0.419 e. The van der Waals surface area contributed by atoms with Gasteiger partial charge in [-0.2, -0.15) is 26.3 Å². The molecule has 146 valence electrons. The van der Waals surface area contributed by atoms with Gasteiger partial charge in [0.2, 0.25) is 0 Å². The van der Waals surface area contributed by atoms with Gasteiger partial charge in [0.05, 0.1) is 11.1 Å². The quantitative estimate of drug-likeness (QED) is 0.724. The number of alkyl halides is 6. The zero-order chi connectivity index (χ0) is 19.7. The molecule has 3 nitrogen and oxygen atoms in total. The number of hydrogen-bond acceptors (Lipinski definition) is 3. The highest BCUT2D eigenvalue weighted by atomic mass is 19.4. The molecule has 0 atom stereocenters. The van der Waals surface area contributed by atoms with Crippen molar-refractivity contribution in [2.45, 2.75) is 18.9 Å². The number of anilines is 1. The van der Waals surface area contributed by atoms with Crippen LogP contribution in [0.4, 0.5) is 32.2 Å². The first kappa shape index (κ1) is 19.5. The van der Waals surface area contributed by atoms with Crippen LogP contribution in [0, 0.1) is 0 Å². The Morgan fingerprint density at radius 1 is 0.852 bits per heavy atom. The molecule has 2 heterocycles. The van der Waals surface area contributed by atoms with Crippen molar-refractivity contribution >= 4 is 5.82 Å². The first-order valence-corrected chi connectivity index (χ1v) is 8.30. The Morgan fingerprint density at radius 3 is 2.19 bits per heavy atom. The Balaban J connectivity index is 1.65. The number of pyridine rings is 1. The SMILES string of the molecule is FC(F)(F)c1cccc(CN2CCN(c3ncccc3C(F)(F)F)CC2)c1. The summed E-state index contributed by atoms with van der Waals surface area (Å²) in [5.41, 5.74) is -0.967. The lowest BCUT2D eigenvalue weighted by Gasteiger charge is -2.36. The van der Waals surface area contributed by atoms with E-state index in [2.05, 4.69) is 4.98 Å². The van der Waals surface area contributed by atoms with E-state index < -0.39 is 23.5 Å². The van der Waals surface area contributed by atoms with Gasteiger partial charge < -0.3 is 4.90 Å². The molecule has 3 rings (SSSR count). The van der Waals surface area contributed by atoms with Crippen LogP contribution in [0.1, 0.15) is 16.7 Å². The maximum absolute atomic E-state index is 13.1. The molecule has 2 aromatic rings. The molecule has 1 saturated heterocycles. The third-order valence-corrected chi connectivity index (χ3v) is 4.42. The van der Waals surface area contributed by atoms with Crippen LogP contribution >= 0.6 is 0 Å². The van der Waals surface area contributed by atoms with E-state index in [1.54, 1.807) is 11.0 Å². The van der Waals surface area contributed by atoms with Crippen molar-refractivity contribution < 1.29 is 26.3 Å². The van der Waals surface area contributed by atoms with Gasteiger partial charge in [-0.3, -0.25) is 4.90 Å². The van der Waals surface area contributed by atoms with E-state index in [0.717, 1.165) is 18.2 Å². The zero-order valence-electron chi connectivity index (χ0n) is 14.2. The molecular weight excluding hydrogens is 372 g/mol. The molecule has 0 saturated carbocycles. The third-order valence-electron chi connectivity index (χ3n) is 4.42. The van der Waals surface area contributed by atoms with E-state index in [1.807, 2.05) is 4.90 Å². The fraction of sp³-hybridized carbons (Fsp3) is 0.389. The van der Waals surface area contributed by atoms with Crippen molar-refractivity contribution in [3.8, 4) is 0 Å². The Labute approximate surface area is 152 Å². The summed E-state index contributed by atoms with van der Waals surface area (Å²) in [5, 5.41) is 0. The minimum absolute atomic E-state index is 0.108. The summed E-state index contributed by atoms with van der Waals surface area (Å²) in [7, 11) is 0. The Hall–Kier alpha value is -2.29. The van der Waals surface area contributed by atoms with Gasteiger partial charge in [0, 0.05) is 38.9 Å². The molecule has 1 aliphatic rings. The molecule has 0 aliphatic carbocycles. The largest absolute Gasteiger partial charge is 0.419 e. The van der Waals surface area contributed by atoms with Gasteiger partial charge in [-0.1, -0.05) is 18.2 Å². The van der Waals surface area contributed by atoms with Crippen molar-refractivity contribution in [1.29, 1.82) is 0 Å². The van der Waals surface area contributed by atoms with Gasteiger partial charge in [-0.25, -0.2) is 4.98 Å². The fourth-order valence-corrected chi connectivity index (χ4v) is 3.09. The van der Waals surface area contributed by atoms with Crippen molar-refractivity contribution in [1.82, 2.24) is 9.88 Å². The lowest BCUT2D eigenvalue weighted by Crippen LogP contribution is -2.46. The van der Waals surface area contributed by atoms with Crippen molar-refractivity contribution in [3.63, 3.8) is 0 Å². The van der Waals surface area contributed by atoms with E-state index in [1.165, 1.54) is 18.3 Å². The van der Waals surface area contributed by atoms with Gasteiger partial charge in [0.15, 0.2) is 0 Å². The van der Waals surface area contributed by atoms with Gasteiger partial charge in [-0.05, 0) is 23.8 Å². The monoisotopic (exact) mass is 389 g/mol. The van der Waals surface area contributed by atoms with E-state index >= 15 is 0 Å². The number of nitrogens with zero attached hydrogens (tertiary/aromatic N) is 3. The number of halogens is 6. The molecule has 0 N–H and O–H groups in total. The molecule has 0 radical (unpaired) electrons. The van der Waals surface area contributed by atoms with Crippen LogP contribution in [0.5, 0.6) is 0 Å². The number of hydrogen-bond donors (Lipinski definition) is 0. The highest BCUT2D eigenvalue weighted by Gasteiger charge is 2.36. The minimum atomic E-state index is -4.49. The lowest BCUT2D eigenvalue weighted by atomic mass is 10.1. The van der Waals surface area contributed by atoms with Crippen LogP contribution in [-0.2, 0) is 18.9 Å². The van der Waals surface area contributed by atoms with Crippen LogP contribution in [0.2, 0.25) is 0 Å². The minimum Gasteiger partial charge on any atom is -0.354 e. The predicted molar refractivity (Wildman–Crippen MR) is 88.2 cm³/mol. The van der Waals surface area contributed by atoms with E-state index in [0.29, 0.717) is 38.3 Å². The Morgan fingerprint density at radius 2 is 1.56 bits per heavy atom. The molecule has 0 spiro atoms. The second kappa shape index (κ2) is 7.38. The highest BCUT2D eigenvalue weighted by Crippen LogP contribution is 2.35. The molecule has 9 heteroatoms. The molecule has 1 fully saturated rings. The summed E-state index contributed by atoms with van der Waals surface area (Å²) >= 11 is 0. The maximum atomic E-state index is 13.1. The predicted octanol–water partition coefficient (Wildman–Crippen LogP) is 4.44. The summed E-state index contributed by atoms with van der Waals surface area (Å²) in [6.45, 7) is 1.82. The highest BCUT2D eigenvalue weighted by molar-refractivity contribution is 5.48. The topological polar surface area (TPSA) is 19.4 Å². The van der Waals surface area contributed by atoms with E-state index in [9.17, 15) is 26.3 Å². The molecular formula is C18H17F6N3. The standard InChI is InChI=1S/C18H17F6N3/c19-17(20,21)14-4-1-3-13(11-14)12-26-7-9-27(10-8-26)16-15(18(22,23)24)5-2-6-25-16/h1-6,11H,7-10,12H2. The van der Waals surface area contributed by atoms with Crippen molar-refractivity contribution in [3.05, 3.63) is 59.3 Å². The molecule has 0 amide bonds. The molecule has 0 bridgehead atoms. The molecule has 0 unspecified atom stereocenters. The van der Waals surface area contributed by atoms with Gasteiger partial charge >= 0.3 is 12.4 Å². The average Bonchev–Trinajstić information content (AvgIpc) is 2.61. The number of benzene rings is 1. The number of rotatable bonds is 3. The molecule has 1 aliphatic heterocycles. The van der Waals surface area contributed by atoms with Crippen molar-refractivity contribution in [2.75, 3.05) is 31.1 Å². The van der Waals surface area contributed by atoms with Crippen LogP contribution in [0.15, 0.2) is 42.6 Å². The first-order valence-electron chi connectivity index (χ1n) is 8.30. The second-order valence-electron chi connectivity index (χ2n) is 6.33. The number of aromatic nitrogens is 1. The van der Waals surface area contributed by atoms with Gasteiger partial charge in [0.1, 0.15) is 5.82 Å². The number of piperazine rings is 1. The summed E-state index contributed by atoms with van der Waals surface area (Å²) in [6, 6.07) is 7.33. The summed E-state index contributed by atoms with van der Waals surface area (Å²) in [6.07, 6.45) is -7.57. The van der Waals surface area contributed by atoms with Crippen LogP contribution in [0.25, 0.3) is 0 Å². The summed E-state index contributed by atoms with van der Waals surface area (Å²) < 4.78 is 77.8. The zero-order valence-corrected chi connectivity index (χ0v) is 14.2. The normalized spacial score (nSPS) is 16.6. The lowest BCUT2D eigenvalue weighted by molar-refractivity contribution is -0.138. The van der Waals surface area contributed by atoms with E-state index in [-0.39, 0.29) is 5.82 Å². The second-order valence-corrected chi connectivity index (χ2v) is 6.33. The fourth-order valence-electron chi connectivity index (χ4n) is 3.09. The third kappa shape index (κ3) is 4.71. The van der Waals surface area contributed by atoms with Crippen LogP contribution < -0.4 is 4.90 Å². The van der Waals surface area contributed by atoms with Crippen LogP contribution in [0.3, 0.4) is 0 Å². The molecule has 27 heavy (non-hydrogen) atoms. The average molecular weight is 389 g/mol. The van der Waals surface area contributed by atoms with Gasteiger partial charge in [0.25, 0.3) is 0 Å². The smallest absolute Gasteiger partial charge is 0.354 e. The Bertz CT molecular complexity index is 779. The molecule has 1 aromatic carbocycles. The van der Waals surface area contributed by atoms with Gasteiger partial charge in [-0.15, -0.1) is 0 Å². The molecule has 1 aromatic heterocycles. The van der Waals surface area contributed by atoms with Crippen LogP contribution in [-0.4, -0.2) is 36.1 Å². The van der Waals surface area contributed by atoms with Crippen molar-refractivity contribution in [2.24, 2.45) is 0 Å². The Kier molecular flexibility index (Phi) is 5.32. The summed E-state index contributed by atoms with van der Waals surface area (Å²) in [4.78, 5) is 7.36. The summed E-state index contributed by atoms with van der Waals surface area (Å²) in [5.74, 6) is -0.108.